The molecule has 3 aromatic rings. The van der Waals surface area contributed by atoms with Crippen LogP contribution in [0.5, 0.6) is 5.75 Å². The maximum atomic E-state index is 12.4. The first kappa shape index (κ1) is 21.3. The molecule has 0 N–H and O–H groups in total. The Morgan fingerprint density at radius 2 is 1.37 bits per heavy atom. The third-order valence-electron chi connectivity index (χ3n) is 4.73. The zero-order chi connectivity index (χ0) is 21.6. The van der Waals surface area contributed by atoms with Crippen LogP contribution in [-0.2, 0) is 21.6 Å². The summed E-state index contributed by atoms with van der Waals surface area (Å²) in [6.45, 7) is 6.49. The number of rotatable bonds is 7. The molecule has 4 heteroatoms. The van der Waals surface area contributed by atoms with Crippen molar-refractivity contribution in [1.82, 2.24) is 0 Å². The lowest BCUT2D eigenvalue weighted by Gasteiger charge is -2.19. The van der Waals surface area contributed by atoms with Gasteiger partial charge in [-0.15, -0.1) is 0 Å². The highest BCUT2D eigenvalue weighted by atomic mass is 16.6. The highest BCUT2D eigenvalue weighted by Crippen LogP contribution is 2.22. The summed E-state index contributed by atoms with van der Waals surface area (Å²) < 4.78 is 10.8. The summed E-state index contributed by atoms with van der Waals surface area (Å²) in [5.74, 6) is 0.00414. The molecule has 0 aliphatic rings. The first-order valence-corrected chi connectivity index (χ1v) is 9.90. The minimum Gasteiger partial charge on any atom is -0.482 e. The van der Waals surface area contributed by atoms with Crippen molar-refractivity contribution in [3.05, 3.63) is 101 Å². The van der Waals surface area contributed by atoms with E-state index in [-0.39, 0.29) is 24.4 Å². The first-order chi connectivity index (χ1) is 14.3. The molecule has 0 spiro atoms. The van der Waals surface area contributed by atoms with Gasteiger partial charge in [0.2, 0.25) is 0 Å². The van der Waals surface area contributed by atoms with Gasteiger partial charge in [-0.25, -0.2) is 4.79 Å². The fourth-order valence-electron chi connectivity index (χ4n) is 2.91. The van der Waals surface area contributed by atoms with Crippen LogP contribution >= 0.6 is 0 Å². The molecule has 154 valence electrons. The molecular weight excluding hydrogens is 376 g/mol. The van der Waals surface area contributed by atoms with E-state index in [0.717, 1.165) is 5.56 Å². The SMILES string of the molecule is CC(C)(C)c1ccc(COC(=O)COc2ccc(C(=O)c3ccccc3)cc2)cc1. The molecule has 0 atom stereocenters. The number of hydrogen-bond acceptors (Lipinski definition) is 4. The largest absolute Gasteiger partial charge is 0.482 e. The summed E-state index contributed by atoms with van der Waals surface area (Å²) in [4.78, 5) is 24.4. The lowest BCUT2D eigenvalue weighted by Crippen LogP contribution is -2.15. The van der Waals surface area contributed by atoms with Crippen molar-refractivity contribution in [2.45, 2.75) is 32.8 Å². The van der Waals surface area contributed by atoms with Crippen LogP contribution in [0.2, 0.25) is 0 Å². The maximum Gasteiger partial charge on any atom is 0.344 e. The van der Waals surface area contributed by atoms with E-state index in [4.69, 9.17) is 9.47 Å². The normalized spacial score (nSPS) is 11.0. The van der Waals surface area contributed by atoms with Crippen LogP contribution in [0.25, 0.3) is 0 Å². The van der Waals surface area contributed by atoms with Crippen molar-refractivity contribution in [1.29, 1.82) is 0 Å². The molecule has 0 saturated carbocycles. The molecule has 3 aromatic carbocycles. The third kappa shape index (κ3) is 5.80. The molecule has 30 heavy (non-hydrogen) atoms. The fraction of sp³-hybridized carbons (Fsp3) is 0.231. The molecule has 0 heterocycles. The topological polar surface area (TPSA) is 52.6 Å². The molecule has 3 rings (SSSR count). The minimum atomic E-state index is -0.445. The molecular formula is C26H26O4. The maximum absolute atomic E-state index is 12.4. The Hall–Kier alpha value is -3.40. The van der Waals surface area contributed by atoms with Gasteiger partial charge >= 0.3 is 5.97 Å². The summed E-state index contributed by atoms with van der Waals surface area (Å²) in [7, 11) is 0. The van der Waals surface area contributed by atoms with Crippen LogP contribution in [0.3, 0.4) is 0 Å². The lowest BCUT2D eigenvalue weighted by atomic mass is 9.87. The van der Waals surface area contributed by atoms with Crippen molar-refractivity contribution < 1.29 is 19.1 Å². The summed E-state index contributed by atoms with van der Waals surface area (Å²) in [6.07, 6.45) is 0. The van der Waals surface area contributed by atoms with Crippen LogP contribution in [0, 0.1) is 0 Å². The Kier molecular flexibility index (Phi) is 6.68. The second-order valence-corrected chi connectivity index (χ2v) is 8.12. The minimum absolute atomic E-state index is 0.0564. The van der Waals surface area contributed by atoms with Crippen molar-refractivity contribution >= 4 is 11.8 Å². The Balaban J connectivity index is 1.47. The van der Waals surface area contributed by atoms with Gasteiger partial charge in [0.15, 0.2) is 12.4 Å². The number of carbonyl (C=O) groups is 2. The number of ether oxygens (including phenoxy) is 2. The average Bonchev–Trinajstić information content (AvgIpc) is 2.76. The van der Waals surface area contributed by atoms with Crippen LogP contribution < -0.4 is 4.74 Å². The Bertz CT molecular complexity index is 982. The smallest absolute Gasteiger partial charge is 0.344 e. The van der Waals surface area contributed by atoms with Gasteiger partial charge in [-0.05, 0) is 40.8 Å². The predicted octanol–water partition coefficient (Wildman–Crippen LogP) is 5.34. The Morgan fingerprint density at radius 1 is 0.767 bits per heavy atom. The summed E-state index contributed by atoms with van der Waals surface area (Å²) in [5, 5.41) is 0. The van der Waals surface area contributed by atoms with Crippen molar-refractivity contribution in [2.24, 2.45) is 0 Å². The number of benzene rings is 3. The molecule has 0 unspecified atom stereocenters. The van der Waals surface area contributed by atoms with Gasteiger partial charge in [0.1, 0.15) is 12.4 Å². The number of ketones is 1. The van der Waals surface area contributed by atoms with Crippen LogP contribution in [0.1, 0.15) is 47.8 Å². The Morgan fingerprint density at radius 3 is 1.97 bits per heavy atom. The summed E-state index contributed by atoms with van der Waals surface area (Å²) in [5.41, 5.74) is 3.44. The van der Waals surface area contributed by atoms with E-state index in [1.807, 2.05) is 30.3 Å². The molecule has 0 aliphatic heterocycles. The van der Waals surface area contributed by atoms with E-state index in [1.54, 1.807) is 36.4 Å². The highest BCUT2D eigenvalue weighted by Gasteiger charge is 2.13. The zero-order valence-electron chi connectivity index (χ0n) is 17.6. The molecule has 0 aromatic heterocycles. The molecule has 0 radical (unpaired) electrons. The molecule has 0 saturated heterocycles. The number of esters is 1. The van der Waals surface area contributed by atoms with E-state index < -0.39 is 5.97 Å². The summed E-state index contributed by atoms with van der Waals surface area (Å²) >= 11 is 0. The lowest BCUT2D eigenvalue weighted by molar-refractivity contribution is -0.147. The van der Waals surface area contributed by atoms with Crippen molar-refractivity contribution in [3.63, 3.8) is 0 Å². The molecule has 0 amide bonds. The van der Waals surface area contributed by atoms with E-state index >= 15 is 0 Å². The average molecular weight is 402 g/mol. The van der Waals surface area contributed by atoms with Gasteiger partial charge in [-0.3, -0.25) is 4.79 Å². The molecule has 0 bridgehead atoms. The third-order valence-corrected chi connectivity index (χ3v) is 4.73. The standard InChI is InChI=1S/C26H26O4/c1-26(2,3)22-13-9-19(10-14-22)17-30-24(27)18-29-23-15-11-21(12-16-23)25(28)20-7-5-4-6-8-20/h4-16H,17-18H2,1-3H3. The molecule has 0 fully saturated rings. The van der Waals surface area contributed by atoms with Gasteiger partial charge < -0.3 is 9.47 Å². The first-order valence-electron chi connectivity index (χ1n) is 9.90. The highest BCUT2D eigenvalue weighted by molar-refractivity contribution is 6.08. The van der Waals surface area contributed by atoms with Crippen molar-refractivity contribution in [3.8, 4) is 5.75 Å². The van der Waals surface area contributed by atoms with Crippen LogP contribution in [0.4, 0.5) is 0 Å². The number of hydrogen-bond donors (Lipinski definition) is 0. The second kappa shape index (κ2) is 9.40. The predicted molar refractivity (Wildman–Crippen MR) is 117 cm³/mol. The van der Waals surface area contributed by atoms with Gasteiger partial charge in [-0.1, -0.05) is 75.4 Å². The van der Waals surface area contributed by atoms with Gasteiger partial charge in [0.05, 0.1) is 0 Å². The van der Waals surface area contributed by atoms with Gasteiger partial charge in [0, 0.05) is 11.1 Å². The quantitative estimate of drug-likeness (QED) is 0.396. The van der Waals surface area contributed by atoms with Crippen LogP contribution in [-0.4, -0.2) is 18.4 Å². The van der Waals surface area contributed by atoms with E-state index in [2.05, 4.69) is 32.9 Å². The number of carbonyl (C=O) groups excluding carboxylic acids is 2. The van der Waals surface area contributed by atoms with Gasteiger partial charge in [-0.2, -0.15) is 0 Å². The van der Waals surface area contributed by atoms with E-state index in [0.29, 0.717) is 16.9 Å². The van der Waals surface area contributed by atoms with E-state index in [1.165, 1.54) is 5.56 Å². The fourth-order valence-corrected chi connectivity index (χ4v) is 2.91. The second-order valence-electron chi connectivity index (χ2n) is 8.12. The van der Waals surface area contributed by atoms with Crippen molar-refractivity contribution in [2.75, 3.05) is 6.61 Å². The Labute approximate surface area is 177 Å². The van der Waals surface area contributed by atoms with Gasteiger partial charge in [0.25, 0.3) is 0 Å². The summed E-state index contributed by atoms with van der Waals surface area (Å²) in [6, 6.07) is 23.9. The van der Waals surface area contributed by atoms with Crippen LogP contribution in [0.15, 0.2) is 78.9 Å². The molecule has 0 aliphatic carbocycles. The zero-order valence-corrected chi connectivity index (χ0v) is 17.6. The van der Waals surface area contributed by atoms with E-state index in [9.17, 15) is 9.59 Å². The monoisotopic (exact) mass is 402 g/mol. The molecule has 4 nitrogen and oxygen atoms in total.